The van der Waals surface area contributed by atoms with Gasteiger partial charge in [-0.2, -0.15) is 18.3 Å². The summed E-state index contributed by atoms with van der Waals surface area (Å²) in [5.74, 6) is -0.0912. The molecule has 1 saturated heterocycles. The molecule has 5 nitrogen and oxygen atoms in total. The highest BCUT2D eigenvalue weighted by molar-refractivity contribution is 5.52. The molecule has 0 radical (unpaired) electrons. The first kappa shape index (κ1) is 15.7. The van der Waals surface area contributed by atoms with Crippen LogP contribution in [0.3, 0.4) is 0 Å². The summed E-state index contributed by atoms with van der Waals surface area (Å²) in [6.07, 6.45) is -2.85. The van der Waals surface area contributed by atoms with Gasteiger partial charge in [0.25, 0.3) is 0 Å². The molecular weight excluding hydrogens is 323 g/mol. The van der Waals surface area contributed by atoms with Gasteiger partial charge in [-0.15, -0.1) is 0 Å². The highest BCUT2D eigenvalue weighted by Crippen LogP contribution is 2.52. The zero-order valence-corrected chi connectivity index (χ0v) is 13.1. The number of aromatic nitrogens is 2. The van der Waals surface area contributed by atoms with Crippen LogP contribution in [0.15, 0.2) is 28.9 Å². The Bertz CT molecular complexity index is 740. The normalized spacial score (nSPS) is 30.4. The van der Waals surface area contributed by atoms with Crippen LogP contribution in [-0.4, -0.2) is 44.2 Å². The molecule has 3 unspecified atom stereocenters. The Morgan fingerprint density at radius 1 is 1.46 bits per heavy atom. The molecule has 24 heavy (non-hydrogen) atoms. The molecule has 8 heteroatoms. The lowest BCUT2D eigenvalue weighted by atomic mass is 9.88. The summed E-state index contributed by atoms with van der Waals surface area (Å²) in [6, 6.07) is 5.23. The summed E-state index contributed by atoms with van der Waals surface area (Å²) in [6.45, 7) is 0.765. The summed E-state index contributed by atoms with van der Waals surface area (Å²) in [7, 11) is 1.81. The zero-order chi connectivity index (χ0) is 17.1. The molecule has 0 amide bonds. The number of aliphatic hydroxyl groups is 1. The Hall–Kier alpha value is -1.80. The average molecular weight is 341 g/mol. The van der Waals surface area contributed by atoms with Gasteiger partial charge in [0.1, 0.15) is 5.69 Å². The van der Waals surface area contributed by atoms with Crippen molar-refractivity contribution in [1.29, 1.82) is 0 Å². The predicted molar refractivity (Wildman–Crippen MR) is 78.8 cm³/mol. The first-order chi connectivity index (χ1) is 11.3. The summed E-state index contributed by atoms with van der Waals surface area (Å²) < 4.78 is 46.3. The van der Waals surface area contributed by atoms with Crippen LogP contribution >= 0.6 is 0 Å². The number of nitrogens with zero attached hydrogens (tertiary/aromatic N) is 3. The highest BCUT2D eigenvalue weighted by atomic mass is 19.4. The van der Waals surface area contributed by atoms with E-state index in [1.54, 1.807) is 17.0 Å². The molecule has 2 bridgehead atoms. The summed E-state index contributed by atoms with van der Waals surface area (Å²) in [5, 5.41) is 14.4. The topological polar surface area (TPSA) is 54.4 Å². The molecule has 2 aromatic rings. The van der Waals surface area contributed by atoms with Gasteiger partial charge >= 0.3 is 6.18 Å². The van der Waals surface area contributed by atoms with E-state index in [-0.39, 0.29) is 19.0 Å². The fraction of sp³-hybridized carbons (Fsp3) is 0.562. The van der Waals surface area contributed by atoms with Crippen LogP contribution in [0.2, 0.25) is 0 Å². The standard InChI is InChI=1S/C16H18F3N3O2/c1-21-12(6-13(20-21)14-3-2-4-24-14)9-22-8-10-5-11(22)7-15(10,23)16(17,18)19/h2-4,6,10-11,23H,5,7-9H2,1H3. The number of likely N-dealkylation sites (tertiary alicyclic amines) is 1. The van der Waals surface area contributed by atoms with E-state index in [9.17, 15) is 18.3 Å². The lowest BCUT2D eigenvalue weighted by molar-refractivity contribution is -0.279. The molecule has 1 aliphatic carbocycles. The van der Waals surface area contributed by atoms with Gasteiger partial charge in [0.05, 0.1) is 12.0 Å². The maximum Gasteiger partial charge on any atom is 0.417 e. The molecule has 3 atom stereocenters. The molecule has 0 spiro atoms. The fourth-order valence-corrected chi connectivity index (χ4v) is 4.02. The largest absolute Gasteiger partial charge is 0.463 e. The van der Waals surface area contributed by atoms with E-state index in [4.69, 9.17) is 4.42 Å². The molecule has 2 aromatic heterocycles. The molecule has 1 saturated carbocycles. The van der Waals surface area contributed by atoms with Crippen LogP contribution in [0.1, 0.15) is 18.5 Å². The molecule has 2 fully saturated rings. The molecule has 2 aliphatic rings. The number of halogens is 3. The molecule has 0 aromatic carbocycles. The summed E-state index contributed by atoms with van der Waals surface area (Å²) >= 11 is 0. The van der Waals surface area contributed by atoms with Crippen molar-refractivity contribution in [3.05, 3.63) is 30.2 Å². The number of alkyl halides is 3. The van der Waals surface area contributed by atoms with Gasteiger partial charge in [-0.3, -0.25) is 9.58 Å². The fourth-order valence-electron chi connectivity index (χ4n) is 4.02. The van der Waals surface area contributed by atoms with Crippen molar-refractivity contribution in [3.63, 3.8) is 0 Å². The summed E-state index contributed by atoms with van der Waals surface area (Å²) in [5.41, 5.74) is -0.918. The second kappa shape index (κ2) is 5.10. The Morgan fingerprint density at radius 3 is 2.83 bits per heavy atom. The Kier molecular flexibility index (Phi) is 3.34. The zero-order valence-electron chi connectivity index (χ0n) is 13.1. The third-order valence-corrected chi connectivity index (χ3v) is 5.36. The third kappa shape index (κ3) is 2.28. The monoisotopic (exact) mass is 341 g/mol. The van der Waals surface area contributed by atoms with Gasteiger partial charge in [-0.05, 0) is 24.6 Å². The number of piperidine rings is 1. The van der Waals surface area contributed by atoms with Crippen LogP contribution in [0.4, 0.5) is 13.2 Å². The van der Waals surface area contributed by atoms with E-state index in [0.717, 1.165) is 5.69 Å². The van der Waals surface area contributed by atoms with Crippen LogP contribution < -0.4 is 0 Å². The van der Waals surface area contributed by atoms with E-state index in [1.807, 2.05) is 24.1 Å². The third-order valence-electron chi connectivity index (χ3n) is 5.36. The van der Waals surface area contributed by atoms with Crippen molar-refractivity contribution >= 4 is 0 Å². The minimum absolute atomic E-state index is 0.246. The number of hydrogen-bond donors (Lipinski definition) is 1. The minimum atomic E-state index is -4.56. The lowest BCUT2D eigenvalue weighted by Crippen LogP contribution is -2.54. The Labute approximate surface area is 136 Å². The maximum absolute atomic E-state index is 13.1. The molecule has 4 rings (SSSR count). The molecule has 3 heterocycles. The number of hydrogen-bond acceptors (Lipinski definition) is 4. The second-order valence-electron chi connectivity index (χ2n) is 6.76. The number of fused-ring (bicyclic) bond motifs is 2. The number of rotatable bonds is 3. The smallest absolute Gasteiger partial charge is 0.417 e. The van der Waals surface area contributed by atoms with Crippen molar-refractivity contribution in [2.45, 2.75) is 37.2 Å². The van der Waals surface area contributed by atoms with E-state index >= 15 is 0 Å². The SMILES string of the molecule is Cn1nc(-c2ccco2)cc1CN1CC2CC1CC2(O)C(F)(F)F. The quantitative estimate of drug-likeness (QED) is 0.932. The van der Waals surface area contributed by atoms with Gasteiger partial charge in [0, 0.05) is 38.5 Å². The molecule has 1 N–H and O–H groups in total. The van der Waals surface area contributed by atoms with E-state index < -0.39 is 17.7 Å². The van der Waals surface area contributed by atoms with Gasteiger partial charge in [-0.25, -0.2) is 0 Å². The van der Waals surface area contributed by atoms with Crippen LogP contribution in [0, 0.1) is 5.92 Å². The van der Waals surface area contributed by atoms with Crippen molar-refractivity contribution in [2.24, 2.45) is 13.0 Å². The van der Waals surface area contributed by atoms with Crippen LogP contribution in [0.5, 0.6) is 0 Å². The lowest BCUT2D eigenvalue weighted by Gasteiger charge is -2.38. The molecule has 130 valence electrons. The highest BCUT2D eigenvalue weighted by Gasteiger charge is 2.66. The van der Waals surface area contributed by atoms with Crippen molar-refractivity contribution in [1.82, 2.24) is 14.7 Å². The number of furan rings is 1. The molecule has 1 aliphatic heterocycles. The maximum atomic E-state index is 13.1. The first-order valence-electron chi connectivity index (χ1n) is 7.88. The van der Waals surface area contributed by atoms with Crippen molar-refractivity contribution in [2.75, 3.05) is 6.54 Å². The minimum Gasteiger partial charge on any atom is -0.463 e. The van der Waals surface area contributed by atoms with E-state index in [0.29, 0.717) is 24.4 Å². The van der Waals surface area contributed by atoms with Crippen molar-refractivity contribution < 1.29 is 22.7 Å². The predicted octanol–water partition coefficient (Wildman–Crippen LogP) is 2.57. The van der Waals surface area contributed by atoms with Crippen LogP contribution in [0.25, 0.3) is 11.5 Å². The molecular formula is C16H18F3N3O2. The van der Waals surface area contributed by atoms with E-state index in [2.05, 4.69) is 5.10 Å². The van der Waals surface area contributed by atoms with Crippen LogP contribution in [-0.2, 0) is 13.6 Å². The average Bonchev–Trinajstić information content (AvgIpc) is 3.23. The number of aryl methyl sites for hydroxylation is 1. The Balaban J connectivity index is 1.49. The van der Waals surface area contributed by atoms with Gasteiger partial charge in [0.2, 0.25) is 0 Å². The second-order valence-corrected chi connectivity index (χ2v) is 6.76. The van der Waals surface area contributed by atoms with E-state index in [1.165, 1.54) is 0 Å². The Morgan fingerprint density at radius 2 is 2.25 bits per heavy atom. The summed E-state index contributed by atoms with van der Waals surface area (Å²) in [4.78, 5) is 2.01. The van der Waals surface area contributed by atoms with Crippen molar-refractivity contribution in [3.8, 4) is 11.5 Å². The van der Waals surface area contributed by atoms with Gasteiger partial charge in [0.15, 0.2) is 11.4 Å². The van der Waals surface area contributed by atoms with Gasteiger partial charge < -0.3 is 9.52 Å². The first-order valence-corrected chi connectivity index (χ1v) is 7.88. The van der Waals surface area contributed by atoms with Gasteiger partial charge in [-0.1, -0.05) is 0 Å².